The molecule has 2 amide bonds. The molecule has 1 N–H and O–H groups in total. The molecule has 0 spiro atoms. The van der Waals surface area contributed by atoms with Crippen molar-refractivity contribution < 1.29 is 23.9 Å². The smallest absolute Gasteiger partial charge is 0.410 e. The predicted molar refractivity (Wildman–Crippen MR) is 95.6 cm³/mol. The Morgan fingerprint density at radius 1 is 1.23 bits per heavy atom. The Morgan fingerprint density at radius 3 is 2.62 bits per heavy atom. The highest BCUT2D eigenvalue weighted by Gasteiger charge is 2.39. The van der Waals surface area contributed by atoms with Gasteiger partial charge in [0.15, 0.2) is 0 Å². The van der Waals surface area contributed by atoms with E-state index >= 15 is 0 Å². The summed E-state index contributed by atoms with van der Waals surface area (Å²) in [4.78, 5) is 37.5. The summed E-state index contributed by atoms with van der Waals surface area (Å²) in [5.41, 5.74) is 0.822. The molecule has 142 valence electrons. The standard InChI is InChI=1S/C19H26N2O5/c1-14(22)20-11-13-26-19(24)21-12-7-6-10-16(21)17(18(23)25-2)15-8-4-3-5-9-15/h3-5,8-9,16-17H,6-7,10-13H2,1-2H3,(H,20,22). The van der Waals surface area contributed by atoms with Crippen LogP contribution in [-0.4, -0.2) is 55.7 Å². The molecule has 2 atom stereocenters. The summed E-state index contributed by atoms with van der Waals surface area (Å²) in [5.74, 6) is -1.09. The minimum absolute atomic E-state index is 0.0931. The van der Waals surface area contributed by atoms with E-state index in [1.807, 2.05) is 30.3 Å². The molecular formula is C19H26N2O5. The number of rotatable bonds is 6. The van der Waals surface area contributed by atoms with Crippen molar-refractivity contribution in [3.05, 3.63) is 35.9 Å². The van der Waals surface area contributed by atoms with E-state index in [0.717, 1.165) is 18.4 Å². The van der Waals surface area contributed by atoms with Gasteiger partial charge in [0.2, 0.25) is 5.91 Å². The number of nitrogens with zero attached hydrogens (tertiary/aromatic N) is 1. The molecule has 2 unspecified atom stereocenters. The van der Waals surface area contributed by atoms with Crippen LogP contribution < -0.4 is 5.32 Å². The Labute approximate surface area is 153 Å². The fraction of sp³-hybridized carbons (Fsp3) is 0.526. The lowest BCUT2D eigenvalue weighted by Gasteiger charge is -2.38. The number of carbonyl (C=O) groups is 3. The Balaban J connectivity index is 2.12. The van der Waals surface area contributed by atoms with E-state index in [2.05, 4.69) is 5.32 Å². The largest absolute Gasteiger partial charge is 0.468 e. The number of hydrogen-bond acceptors (Lipinski definition) is 5. The van der Waals surface area contributed by atoms with Crippen LogP contribution in [0.2, 0.25) is 0 Å². The van der Waals surface area contributed by atoms with Gasteiger partial charge in [0, 0.05) is 13.5 Å². The zero-order valence-corrected chi connectivity index (χ0v) is 15.3. The van der Waals surface area contributed by atoms with Crippen LogP contribution in [0.5, 0.6) is 0 Å². The molecule has 1 saturated heterocycles. The Hall–Kier alpha value is -2.57. The van der Waals surface area contributed by atoms with Gasteiger partial charge in [-0.05, 0) is 24.8 Å². The fourth-order valence-corrected chi connectivity index (χ4v) is 3.28. The molecule has 26 heavy (non-hydrogen) atoms. The average Bonchev–Trinajstić information content (AvgIpc) is 2.66. The van der Waals surface area contributed by atoms with E-state index in [0.29, 0.717) is 13.0 Å². The van der Waals surface area contributed by atoms with Gasteiger partial charge in [-0.2, -0.15) is 0 Å². The van der Waals surface area contributed by atoms with Gasteiger partial charge in [0.1, 0.15) is 12.5 Å². The zero-order valence-electron chi connectivity index (χ0n) is 15.3. The van der Waals surface area contributed by atoms with Gasteiger partial charge in [-0.3, -0.25) is 9.59 Å². The maximum absolute atomic E-state index is 12.5. The molecule has 0 radical (unpaired) electrons. The highest BCUT2D eigenvalue weighted by Crippen LogP contribution is 2.32. The van der Waals surface area contributed by atoms with Crippen LogP contribution in [0, 0.1) is 0 Å². The lowest BCUT2D eigenvalue weighted by atomic mass is 9.85. The third kappa shape index (κ3) is 5.21. The summed E-state index contributed by atoms with van der Waals surface area (Å²) in [6.45, 7) is 2.29. The van der Waals surface area contributed by atoms with E-state index in [9.17, 15) is 14.4 Å². The second-order valence-corrected chi connectivity index (χ2v) is 6.27. The van der Waals surface area contributed by atoms with Gasteiger partial charge < -0.3 is 19.7 Å². The molecule has 1 heterocycles. The molecule has 0 aromatic heterocycles. The van der Waals surface area contributed by atoms with Crippen LogP contribution in [0.25, 0.3) is 0 Å². The number of methoxy groups -OCH3 is 1. The molecule has 2 rings (SSSR count). The minimum Gasteiger partial charge on any atom is -0.468 e. The summed E-state index contributed by atoms with van der Waals surface area (Å²) < 4.78 is 10.3. The summed E-state index contributed by atoms with van der Waals surface area (Å²) in [7, 11) is 1.36. The molecular weight excluding hydrogens is 336 g/mol. The highest BCUT2D eigenvalue weighted by atomic mass is 16.6. The number of amides is 2. The van der Waals surface area contributed by atoms with Crippen molar-refractivity contribution in [1.82, 2.24) is 10.2 Å². The number of nitrogens with one attached hydrogen (secondary N) is 1. The van der Waals surface area contributed by atoms with Crippen LogP contribution in [0.1, 0.15) is 37.7 Å². The average molecular weight is 362 g/mol. The summed E-state index contributed by atoms with van der Waals surface area (Å²) in [5, 5.41) is 2.58. The first-order chi connectivity index (χ1) is 12.5. The van der Waals surface area contributed by atoms with Gasteiger partial charge in [-0.1, -0.05) is 30.3 Å². The number of esters is 1. The third-order valence-corrected chi connectivity index (χ3v) is 4.48. The lowest BCUT2D eigenvalue weighted by molar-refractivity contribution is -0.144. The molecule has 1 fully saturated rings. The number of carbonyl (C=O) groups excluding carboxylic acids is 3. The summed E-state index contributed by atoms with van der Waals surface area (Å²) in [6.07, 6.45) is 2.03. The maximum atomic E-state index is 12.5. The highest BCUT2D eigenvalue weighted by molar-refractivity contribution is 5.80. The fourth-order valence-electron chi connectivity index (χ4n) is 3.28. The molecule has 1 aliphatic rings. The first kappa shape index (κ1) is 19.8. The lowest BCUT2D eigenvalue weighted by Crippen LogP contribution is -2.49. The van der Waals surface area contributed by atoms with Crippen molar-refractivity contribution in [2.75, 3.05) is 26.8 Å². The normalized spacial score (nSPS) is 17.9. The first-order valence-electron chi connectivity index (χ1n) is 8.85. The van der Waals surface area contributed by atoms with Crippen LogP contribution in [-0.2, 0) is 19.1 Å². The molecule has 7 heteroatoms. The monoisotopic (exact) mass is 362 g/mol. The Morgan fingerprint density at radius 2 is 1.96 bits per heavy atom. The van der Waals surface area contributed by atoms with E-state index in [-0.39, 0.29) is 31.1 Å². The van der Waals surface area contributed by atoms with Crippen LogP contribution in [0.15, 0.2) is 30.3 Å². The third-order valence-electron chi connectivity index (χ3n) is 4.48. The van der Waals surface area contributed by atoms with Gasteiger partial charge in [-0.15, -0.1) is 0 Å². The molecule has 1 aliphatic heterocycles. The quantitative estimate of drug-likeness (QED) is 0.619. The van der Waals surface area contributed by atoms with E-state index in [1.165, 1.54) is 14.0 Å². The second-order valence-electron chi connectivity index (χ2n) is 6.27. The maximum Gasteiger partial charge on any atom is 0.410 e. The summed E-state index contributed by atoms with van der Waals surface area (Å²) >= 11 is 0. The van der Waals surface area contributed by atoms with Crippen molar-refractivity contribution >= 4 is 18.0 Å². The molecule has 1 aromatic carbocycles. The predicted octanol–water partition coefficient (Wildman–Crippen LogP) is 2.07. The molecule has 0 saturated carbocycles. The second kappa shape index (κ2) is 9.79. The van der Waals surface area contributed by atoms with Crippen molar-refractivity contribution in [2.45, 2.75) is 38.1 Å². The van der Waals surface area contributed by atoms with E-state index < -0.39 is 12.0 Å². The number of ether oxygens (including phenoxy) is 2. The van der Waals surface area contributed by atoms with Crippen molar-refractivity contribution in [2.24, 2.45) is 0 Å². The van der Waals surface area contributed by atoms with Gasteiger partial charge in [-0.25, -0.2) is 4.79 Å². The number of hydrogen-bond donors (Lipinski definition) is 1. The van der Waals surface area contributed by atoms with Crippen LogP contribution in [0.4, 0.5) is 4.79 Å². The Kier molecular flexibility index (Phi) is 7.44. The molecule has 0 aliphatic carbocycles. The SMILES string of the molecule is COC(=O)C(c1ccccc1)C1CCCCN1C(=O)OCCNC(C)=O. The van der Waals surface area contributed by atoms with Crippen LogP contribution >= 0.6 is 0 Å². The van der Waals surface area contributed by atoms with Crippen molar-refractivity contribution in [1.29, 1.82) is 0 Å². The van der Waals surface area contributed by atoms with Gasteiger partial charge in [0.05, 0.1) is 19.7 Å². The first-order valence-corrected chi connectivity index (χ1v) is 8.85. The van der Waals surface area contributed by atoms with Crippen molar-refractivity contribution in [3.8, 4) is 0 Å². The number of benzene rings is 1. The van der Waals surface area contributed by atoms with E-state index in [1.54, 1.807) is 4.90 Å². The van der Waals surface area contributed by atoms with Crippen molar-refractivity contribution in [3.63, 3.8) is 0 Å². The number of likely N-dealkylation sites (tertiary alicyclic amines) is 1. The van der Waals surface area contributed by atoms with Gasteiger partial charge in [0.25, 0.3) is 0 Å². The molecule has 1 aromatic rings. The zero-order chi connectivity index (χ0) is 18.9. The topological polar surface area (TPSA) is 84.9 Å². The van der Waals surface area contributed by atoms with E-state index in [4.69, 9.17) is 9.47 Å². The number of piperidine rings is 1. The molecule has 7 nitrogen and oxygen atoms in total. The summed E-state index contributed by atoms with van der Waals surface area (Å²) in [6, 6.07) is 9.04. The minimum atomic E-state index is -0.551. The Bertz CT molecular complexity index is 620. The van der Waals surface area contributed by atoms with Gasteiger partial charge >= 0.3 is 12.1 Å². The molecule has 0 bridgehead atoms. The van der Waals surface area contributed by atoms with Crippen LogP contribution in [0.3, 0.4) is 0 Å².